The number of benzene rings is 1. The molecule has 2 N–H and O–H groups in total. The number of rotatable bonds is 2. The highest BCUT2D eigenvalue weighted by atomic mass is 19.4. The van der Waals surface area contributed by atoms with Crippen molar-refractivity contribution in [1.82, 2.24) is 4.90 Å². The largest absolute Gasteiger partial charge is 0.573 e. The van der Waals surface area contributed by atoms with Gasteiger partial charge in [-0.05, 0) is 13.1 Å². The maximum atomic E-state index is 13.9. The summed E-state index contributed by atoms with van der Waals surface area (Å²) in [5.74, 6) is -1.49. The van der Waals surface area contributed by atoms with Crippen LogP contribution in [0.4, 0.5) is 28.9 Å². The molecule has 1 aliphatic rings. The molecule has 1 aromatic rings. The first-order valence-corrected chi connectivity index (χ1v) is 6.04. The average molecular weight is 293 g/mol. The third-order valence-corrected chi connectivity index (χ3v) is 3.15. The highest BCUT2D eigenvalue weighted by Crippen LogP contribution is 2.34. The normalized spacial score (nSPS) is 17.4. The summed E-state index contributed by atoms with van der Waals surface area (Å²) in [4.78, 5) is 3.84. The first-order chi connectivity index (χ1) is 9.26. The lowest BCUT2D eigenvalue weighted by atomic mass is 10.2. The number of anilines is 2. The van der Waals surface area contributed by atoms with E-state index in [4.69, 9.17) is 5.73 Å². The van der Waals surface area contributed by atoms with Gasteiger partial charge in [-0.15, -0.1) is 13.2 Å². The molecule has 2 rings (SSSR count). The second kappa shape index (κ2) is 5.35. The highest BCUT2D eigenvalue weighted by molar-refractivity contribution is 5.64. The lowest BCUT2D eigenvalue weighted by Crippen LogP contribution is -2.44. The van der Waals surface area contributed by atoms with E-state index < -0.39 is 17.9 Å². The zero-order valence-electron chi connectivity index (χ0n) is 10.9. The number of nitrogens with zero attached hydrogens (tertiary/aromatic N) is 2. The molecule has 0 atom stereocenters. The molecular weight excluding hydrogens is 278 g/mol. The van der Waals surface area contributed by atoms with Crippen molar-refractivity contribution in [3.63, 3.8) is 0 Å². The van der Waals surface area contributed by atoms with Gasteiger partial charge in [0.2, 0.25) is 0 Å². The van der Waals surface area contributed by atoms with Crippen LogP contribution in [-0.2, 0) is 0 Å². The fraction of sp³-hybridized carbons (Fsp3) is 0.500. The van der Waals surface area contributed by atoms with E-state index in [1.165, 1.54) is 6.07 Å². The molecular formula is C12H15F4N3O. The van der Waals surface area contributed by atoms with Crippen molar-refractivity contribution >= 4 is 11.4 Å². The Morgan fingerprint density at radius 1 is 1.15 bits per heavy atom. The fourth-order valence-electron chi connectivity index (χ4n) is 2.06. The van der Waals surface area contributed by atoms with Gasteiger partial charge in [0.15, 0.2) is 5.75 Å². The number of alkyl halides is 3. The summed E-state index contributed by atoms with van der Waals surface area (Å²) in [6, 6.07) is 1.86. The summed E-state index contributed by atoms with van der Waals surface area (Å²) in [6.07, 6.45) is -4.89. The maximum absolute atomic E-state index is 13.9. The zero-order valence-corrected chi connectivity index (χ0v) is 10.9. The number of hydrogen-bond donors (Lipinski definition) is 1. The number of piperazine rings is 1. The SMILES string of the molecule is CN1CCN(c2cc(N)c(OC(F)(F)F)cc2F)CC1. The minimum atomic E-state index is -4.89. The topological polar surface area (TPSA) is 41.7 Å². The molecule has 0 aromatic heterocycles. The van der Waals surface area contributed by atoms with E-state index >= 15 is 0 Å². The summed E-state index contributed by atoms with van der Waals surface area (Å²) in [6.45, 7) is 2.68. The molecule has 1 saturated heterocycles. The third-order valence-electron chi connectivity index (χ3n) is 3.15. The molecule has 1 aromatic carbocycles. The van der Waals surface area contributed by atoms with Crippen molar-refractivity contribution in [1.29, 1.82) is 0 Å². The van der Waals surface area contributed by atoms with Crippen LogP contribution < -0.4 is 15.4 Å². The predicted octanol–water partition coefficient (Wildman–Crippen LogP) is 2.06. The van der Waals surface area contributed by atoms with E-state index in [0.29, 0.717) is 19.2 Å². The number of likely N-dealkylation sites (N-methyl/N-ethyl adjacent to an activating group) is 1. The van der Waals surface area contributed by atoms with Crippen LogP contribution in [0.1, 0.15) is 0 Å². The van der Waals surface area contributed by atoms with E-state index in [2.05, 4.69) is 9.64 Å². The second-order valence-electron chi connectivity index (χ2n) is 4.68. The van der Waals surface area contributed by atoms with Gasteiger partial charge in [-0.25, -0.2) is 4.39 Å². The molecule has 1 aliphatic heterocycles. The van der Waals surface area contributed by atoms with Gasteiger partial charge < -0.3 is 20.3 Å². The number of halogens is 4. The van der Waals surface area contributed by atoms with Gasteiger partial charge in [0, 0.05) is 32.2 Å². The van der Waals surface area contributed by atoms with E-state index in [-0.39, 0.29) is 11.4 Å². The third kappa shape index (κ3) is 3.44. The van der Waals surface area contributed by atoms with Crippen LogP contribution in [0.3, 0.4) is 0 Å². The number of nitrogen functional groups attached to an aromatic ring is 1. The van der Waals surface area contributed by atoms with Gasteiger partial charge >= 0.3 is 6.36 Å². The molecule has 8 heteroatoms. The van der Waals surface area contributed by atoms with Crippen molar-refractivity contribution in [2.24, 2.45) is 0 Å². The molecule has 1 heterocycles. The standard InChI is InChI=1S/C12H15F4N3O/c1-18-2-4-19(5-3-18)10-7-9(17)11(6-8(10)13)20-12(14,15)16/h6-7H,2-5,17H2,1H3. The number of hydrogen-bond acceptors (Lipinski definition) is 4. The Morgan fingerprint density at radius 3 is 2.30 bits per heavy atom. The Balaban J connectivity index is 2.22. The Kier molecular flexibility index (Phi) is 3.94. The van der Waals surface area contributed by atoms with Crippen LogP contribution in [0.15, 0.2) is 12.1 Å². The molecule has 0 unspecified atom stereocenters. The quantitative estimate of drug-likeness (QED) is 0.669. The van der Waals surface area contributed by atoms with Gasteiger partial charge in [0.05, 0.1) is 11.4 Å². The molecule has 0 spiro atoms. The first kappa shape index (κ1) is 14.7. The second-order valence-corrected chi connectivity index (χ2v) is 4.68. The molecule has 1 fully saturated rings. The number of ether oxygens (including phenoxy) is 1. The fourth-order valence-corrected chi connectivity index (χ4v) is 2.06. The van der Waals surface area contributed by atoms with Gasteiger partial charge in [0.1, 0.15) is 5.82 Å². The summed E-state index contributed by atoms with van der Waals surface area (Å²) >= 11 is 0. The molecule has 112 valence electrons. The van der Waals surface area contributed by atoms with Crippen molar-refractivity contribution in [2.75, 3.05) is 43.9 Å². The Labute approximate surface area is 113 Å². The van der Waals surface area contributed by atoms with Crippen molar-refractivity contribution in [3.05, 3.63) is 17.9 Å². The van der Waals surface area contributed by atoms with Crippen LogP contribution in [0.2, 0.25) is 0 Å². The van der Waals surface area contributed by atoms with Crippen molar-refractivity contribution < 1.29 is 22.3 Å². The molecule has 0 aliphatic carbocycles. The summed E-state index contributed by atoms with van der Waals surface area (Å²) < 4.78 is 54.0. The van der Waals surface area contributed by atoms with Crippen molar-refractivity contribution in [3.8, 4) is 5.75 Å². The minimum Gasteiger partial charge on any atom is -0.403 e. The highest BCUT2D eigenvalue weighted by Gasteiger charge is 2.32. The van der Waals surface area contributed by atoms with Crippen LogP contribution in [-0.4, -0.2) is 44.5 Å². The van der Waals surface area contributed by atoms with Crippen LogP contribution >= 0.6 is 0 Å². The van der Waals surface area contributed by atoms with E-state index in [0.717, 1.165) is 13.1 Å². The average Bonchev–Trinajstić information content (AvgIpc) is 2.33. The monoisotopic (exact) mass is 293 g/mol. The summed E-state index contributed by atoms with van der Waals surface area (Å²) in [5.41, 5.74) is 5.46. The van der Waals surface area contributed by atoms with E-state index in [9.17, 15) is 17.6 Å². The van der Waals surface area contributed by atoms with E-state index in [1.807, 2.05) is 7.05 Å². The van der Waals surface area contributed by atoms with Crippen LogP contribution in [0.5, 0.6) is 5.75 Å². The molecule has 0 amide bonds. The maximum Gasteiger partial charge on any atom is 0.573 e. The van der Waals surface area contributed by atoms with Crippen molar-refractivity contribution in [2.45, 2.75) is 6.36 Å². The molecule has 0 bridgehead atoms. The first-order valence-electron chi connectivity index (χ1n) is 6.04. The summed E-state index contributed by atoms with van der Waals surface area (Å²) in [5, 5.41) is 0. The Bertz CT molecular complexity index is 484. The smallest absolute Gasteiger partial charge is 0.403 e. The molecule has 4 nitrogen and oxygen atoms in total. The summed E-state index contributed by atoms with van der Waals surface area (Å²) in [7, 11) is 1.95. The molecule has 0 saturated carbocycles. The molecule has 20 heavy (non-hydrogen) atoms. The van der Waals surface area contributed by atoms with Gasteiger partial charge in [0.25, 0.3) is 0 Å². The Morgan fingerprint density at radius 2 is 1.75 bits per heavy atom. The van der Waals surface area contributed by atoms with Crippen LogP contribution in [0, 0.1) is 5.82 Å². The molecule has 0 radical (unpaired) electrons. The Hall–Kier alpha value is -1.70. The lowest BCUT2D eigenvalue weighted by Gasteiger charge is -2.34. The lowest BCUT2D eigenvalue weighted by molar-refractivity contribution is -0.274. The van der Waals surface area contributed by atoms with Gasteiger partial charge in [-0.1, -0.05) is 0 Å². The zero-order chi connectivity index (χ0) is 14.9. The minimum absolute atomic E-state index is 0.199. The van der Waals surface area contributed by atoms with Gasteiger partial charge in [-0.2, -0.15) is 0 Å². The predicted molar refractivity (Wildman–Crippen MR) is 67.2 cm³/mol. The van der Waals surface area contributed by atoms with Crippen LogP contribution in [0.25, 0.3) is 0 Å². The van der Waals surface area contributed by atoms with E-state index in [1.54, 1.807) is 4.90 Å². The van der Waals surface area contributed by atoms with Gasteiger partial charge in [-0.3, -0.25) is 0 Å². The number of nitrogens with two attached hydrogens (primary N) is 1.